The van der Waals surface area contributed by atoms with E-state index in [1.807, 2.05) is 30.3 Å². The van der Waals surface area contributed by atoms with Gasteiger partial charge in [0, 0.05) is 41.3 Å². The number of carbonyl (C=O) groups excluding carboxylic acids is 3. The van der Waals surface area contributed by atoms with Crippen LogP contribution >= 0.6 is 46.6 Å². The van der Waals surface area contributed by atoms with Gasteiger partial charge in [0.05, 0.1) is 6.26 Å². The summed E-state index contributed by atoms with van der Waals surface area (Å²) in [6.45, 7) is 0. The highest BCUT2D eigenvalue weighted by molar-refractivity contribution is 8.15. The van der Waals surface area contributed by atoms with Crippen molar-refractivity contribution >= 4 is 79.6 Å². The number of nitrogens with two attached hydrogens (primary N) is 2. The molecule has 0 bridgehead atoms. The third-order valence-corrected chi connectivity index (χ3v) is 9.89. The minimum Gasteiger partial charge on any atom is -0.477 e. The molecule has 3 aromatic heterocycles. The Labute approximate surface area is 271 Å². The van der Waals surface area contributed by atoms with Crippen molar-refractivity contribution in [2.24, 2.45) is 10.7 Å². The van der Waals surface area contributed by atoms with E-state index >= 15 is 0 Å². The number of carboxylic acid groups (broad SMARTS) is 1. The Kier molecular flexibility index (Phi) is 10.2. The van der Waals surface area contributed by atoms with Crippen molar-refractivity contribution in [3.63, 3.8) is 0 Å². The summed E-state index contributed by atoms with van der Waals surface area (Å²) in [5, 5.41) is 18.5. The van der Waals surface area contributed by atoms with Crippen LogP contribution in [0.1, 0.15) is 16.2 Å². The van der Waals surface area contributed by atoms with Crippen molar-refractivity contribution in [2.45, 2.75) is 16.6 Å². The third-order valence-electron chi connectivity index (χ3n) is 6.18. The molecule has 232 valence electrons. The summed E-state index contributed by atoms with van der Waals surface area (Å²) < 4.78 is 10.5. The van der Waals surface area contributed by atoms with Crippen LogP contribution in [-0.4, -0.2) is 83.0 Å². The van der Waals surface area contributed by atoms with E-state index in [0.717, 1.165) is 29.1 Å². The van der Waals surface area contributed by atoms with Crippen molar-refractivity contribution in [1.29, 1.82) is 0 Å². The second kappa shape index (κ2) is 14.2. The summed E-state index contributed by atoms with van der Waals surface area (Å²) >= 11 is 4.42. The zero-order valence-electron chi connectivity index (χ0n) is 23.2. The van der Waals surface area contributed by atoms with Gasteiger partial charge in [0.1, 0.15) is 28.5 Å². The van der Waals surface area contributed by atoms with Gasteiger partial charge >= 0.3 is 5.97 Å². The van der Waals surface area contributed by atoms with Crippen LogP contribution in [0.4, 0.5) is 5.13 Å². The number of amides is 1. The summed E-state index contributed by atoms with van der Waals surface area (Å²) in [6, 6.07) is 11.8. The van der Waals surface area contributed by atoms with Crippen molar-refractivity contribution in [3.05, 3.63) is 76.8 Å². The number of carbonyl (C=O) groups is 4. The molecule has 0 saturated carbocycles. The maximum atomic E-state index is 12.3. The van der Waals surface area contributed by atoms with Gasteiger partial charge in [-0.15, -0.1) is 33.3 Å². The van der Waals surface area contributed by atoms with Gasteiger partial charge in [-0.1, -0.05) is 30.0 Å². The minimum absolute atomic E-state index is 0.0461. The van der Waals surface area contributed by atoms with Gasteiger partial charge in [0.25, 0.3) is 10.3 Å². The number of furan rings is 1. The van der Waals surface area contributed by atoms with Crippen molar-refractivity contribution < 1.29 is 33.1 Å². The number of anilines is 1. The molecular weight excluding hydrogens is 663 g/mol. The highest BCUT2D eigenvalue weighted by atomic mass is 32.2. The number of β-lactam (4-membered cyclic amide) rings is 1. The number of carboxylic acids is 1. The number of hydrogen-bond donors (Lipinski definition) is 3. The summed E-state index contributed by atoms with van der Waals surface area (Å²) in [5.41, 5.74) is 13.2. The Morgan fingerprint density at radius 3 is 2.60 bits per heavy atom. The van der Waals surface area contributed by atoms with Crippen molar-refractivity contribution in [2.75, 3.05) is 24.3 Å². The van der Waals surface area contributed by atoms with Gasteiger partial charge in [0.15, 0.2) is 10.9 Å². The van der Waals surface area contributed by atoms with E-state index in [1.54, 1.807) is 17.5 Å². The molecule has 2 aliphatic heterocycles. The zero-order chi connectivity index (χ0) is 32.1. The van der Waals surface area contributed by atoms with Crippen molar-refractivity contribution in [3.8, 4) is 11.5 Å². The number of thioether (sulfide) groups is 3. The average Bonchev–Trinajstić information content (AvgIpc) is 3.83. The number of hydrogen-bond acceptors (Lipinski definition) is 16. The number of benzene rings is 1. The molecule has 2 aliphatic rings. The third kappa shape index (κ3) is 7.20. The van der Waals surface area contributed by atoms with Gasteiger partial charge in [-0.25, -0.2) is 9.78 Å². The average molecular weight is 686 g/mol. The van der Waals surface area contributed by atoms with Gasteiger partial charge in [-0.3, -0.25) is 24.3 Å². The van der Waals surface area contributed by atoms with Crippen LogP contribution in [0.25, 0.3) is 11.5 Å². The molecule has 2 unspecified atom stereocenters. The predicted octanol–water partition coefficient (Wildman–Crippen LogP) is 3.25. The first-order valence-electron chi connectivity index (χ1n) is 12.8. The fourth-order valence-electron chi connectivity index (χ4n) is 4.09. The SMILES string of the molecule is CN=C(C(=O)Sc1nnc(-c2ccccc2)o1)c1csc(N)n1.NC1C(=O)N2C(C(=O)O)=C(CSC(=O)c3ccco3)CSC12. The Morgan fingerprint density at radius 1 is 1.18 bits per heavy atom. The number of nitrogens with zero attached hydrogens (tertiary/aromatic N) is 5. The van der Waals surface area contributed by atoms with Gasteiger partial charge in [0.2, 0.25) is 16.9 Å². The minimum atomic E-state index is -1.17. The van der Waals surface area contributed by atoms with E-state index in [2.05, 4.69) is 20.2 Å². The van der Waals surface area contributed by atoms with E-state index in [1.165, 1.54) is 41.3 Å². The highest BCUT2D eigenvalue weighted by Gasteiger charge is 2.51. The Balaban J connectivity index is 0.000000178. The Hall–Kier alpha value is -4.23. The molecule has 4 aromatic rings. The summed E-state index contributed by atoms with van der Waals surface area (Å²) in [4.78, 5) is 56.7. The second-order valence-electron chi connectivity index (χ2n) is 9.02. The Morgan fingerprint density at radius 2 is 1.96 bits per heavy atom. The highest BCUT2D eigenvalue weighted by Crippen LogP contribution is 2.40. The topological polar surface area (TPSA) is 221 Å². The molecule has 0 aliphatic carbocycles. The maximum absolute atomic E-state index is 12.3. The Bertz CT molecular complexity index is 1790. The van der Waals surface area contributed by atoms with Crippen LogP contribution in [0.3, 0.4) is 0 Å². The number of aromatic nitrogens is 3. The van der Waals surface area contributed by atoms with Crippen LogP contribution in [0.15, 0.2) is 84.4 Å². The van der Waals surface area contributed by atoms with Gasteiger partial charge in [-0.05, 0) is 29.8 Å². The molecule has 0 radical (unpaired) electrons. The maximum Gasteiger partial charge on any atom is 0.352 e. The predicted molar refractivity (Wildman–Crippen MR) is 171 cm³/mol. The molecule has 45 heavy (non-hydrogen) atoms. The van der Waals surface area contributed by atoms with Crippen LogP contribution in [0.2, 0.25) is 0 Å². The first kappa shape index (κ1) is 32.2. The lowest BCUT2D eigenvalue weighted by molar-refractivity contribution is -0.147. The van der Waals surface area contributed by atoms with Crippen LogP contribution in [-0.2, 0) is 14.4 Å². The molecule has 14 nitrogen and oxygen atoms in total. The molecule has 1 aromatic carbocycles. The van der Waals surface area contributed by atoms with Crippen LogP contribution in [0.5, 0.6) is 0 Å². The number of aliphatic carboxylic acids is 1. The number of thiazole rings is 1. The number of nitrogen functional groups attached to an aromatic ring is 1. The smallest absolute Gasteiger partial charge is 0.352 e. The van der Waals surface area contributed by atoms with Crippen LogP contribution < -0.4 is 11.5 Å². The molecule has 18 heteroatoms. The summed E-state index contributed by atoms with van der Waals surface area (Å²) in [7, 11) is 1.52. The molecule has 2 atom stereocenters. The monoisotopic (exact) mass is 685 g/mol. The van der Waals surface area contributed by atoms with E-state index in [4.69, 9.17) is 20.3 Å². The van der Waals surface area contributed by atoms with Crippen LogP contribution in [0, 0.1) is 0 Å². The fraction of sp³-hybridized carbons (Fsp3) is 0.185. The molecule has 1 amide bonds. The van der Waals surface area contributed by atoms with E-state index in [9.17, 15) is 24.3 Å². The fourth-order valence-corrected chi connectivity index (χ4v) is 7.52. The van der Waals surface area contributed by atoms with Crippen molar-refractivity contribution in [1.82, 2.24) is 20.1 Å². The molecular formula is C27H23N7O7S4. The quantitative estimate of drug-likeness (QED) is 0.138. The van der Waals surface area contributed by atoms with E-state index < -0.39 is 17.9 Å². The lowest BCUT2D eigenvalue weighted by Crippen LogP contribution is -2.68. The largest absolute Gasteiger partial charge is 0.477 e. The lowest BCUT2D eigenvalue weighted by Gasteiger charge is -2.48. The molecule has 6 rings (SSSR count). The first-order chi connectivity index (χ1) is 21.7. The molecule has 5 N–H and O–H groups in total. The number of fused-ring (bicyclic) bond motifs is 1. The molecule has 0 spiro atoms. The first-order valence-corrected chi connectivity index (χ1v) is 16.6. The second-order valence-corrected chi connectivity index (χ2v) is 12.9. The standard InChI is InChI=1S/C14H11N5O2S2.C13H12N2O5S2/c1-16-10(9-7-22-13(15)17-9)12(20)23-14-19-18-11(21-14)8-5-3-2-4-6-8;14-8-10(16)15-9(12(17)18)6(4-21-11(8)15)5-22-13(19)7-2-1-3-20-7/h2-7H,1H3,(H2,15,17);1-3,8,11H,4-5,14H2,(H,17,18). The van der Waals surface area contributed by atoms with E-state index in [-0.39, 0.29) is 43.7 Å². The number of aliphatic imine (C=N–C) groups is 1. The molecule has 1 fully saturated rings. The normalized spacial score (nSPS) is 17.7. The summed E-state index contributed by atoms with van der Waals surface area (Å²) in [6.07, 6.45) is 1.40. The zero-order valence-corrected chi connectivity index (χ0v) is 26.5. The lowest BCUT2D eigenvalue weighted by atomic mass is 10.0. The molecule has 5 heterocycles. The van der Waals surface area contributed by atoms with Gasteiger partial charge in [-0.2, -0.15) is 0 Å². The molecule has 1 saturated heterocycles. The van der Waals surface area contributed by atoms with E-state index in [0.29, 0.717) is 28.0 Å². The summed E-state index contributed by atoms with van der Waals surface area (Å²) in [5.74, 6) is -0.372. The van der Waals surface area contributed by atoms with Gasteiger partial charge < -0.3 is 25.4 Å². The number of rotatable bonds is 8.